The van der Waals surface area contributed by atoms with Gasteiger partial charge in [-0.1, -0.05) is 32.6 Å². The predicted octanol–water partition coefficient (Wildman–Crippen LogP) is 3.54. The van der Waals surface area contributed by atoms with Crippen LogP contribution in [0.5, 0.6) is 5.88 Å². The van der Waals surface area contributed by atoms with Crippen LogP contribution in [-0.4, -0.2) is 22.6 Å². The Labute approximate surface area is 127 Å². The zero-order chi connectivity index (χ0) is 15.1. The maximum absolute atomic E-state index is 6.18. The first-order chi connectivity index (χ1) is 10.2. The molecule has 0 unspecified atom stereocenters. The summed E-state index contributed by atoms with van der Waals surface area (Å²) in [5.74, 6) is 2.09. The molecular weight excluding hydrogens is 264 g/mol. The molecule has 0 atom stereocenters. The number of nitrogens with one attached hydrogen (secondary N) is 1. The van der Waals surface area contributed by atoms with Crippen molar-refractivity contribution in [1.29, 1.82) is 0 Å². The van der Waals surface area contributed by atoms with Crippen molar-refractivity contribution < 1.29 is 4.74 Å². The van der Waals surface area contributed by atoms with E-state index in [4.69, 9.17) is 10.5 Å². The first kappa shape index (κ1) is 15.9. The lowest BCUT2D eigenvalue weighted by Gasteiger charge is -2.19. The van der Waals surface area contributed by atoms with Crippen molar-refractivity contribution in [2.45, 2.75) is 71.3 Å². The minimum absolute atomic E-state index is 0.466. The van der Waals surface area contributed by atoms with Crippen molar-refractivity contribution in [2.24, 2.45) is 0 Å². The van der Waals surface area contributed by atoms with E-state index >= 15 is 0 Å². The third kappa shape index (κ3) is 4.48. The van der Waals surface area contributed by atoms with Crippen LogP contribution in [0.2, 0.25) is 0 Å². The third-order valence-corrected chi connectivity index (χ3v) is 3.91. The molecule has 5 nitrogen and oxygen atoms in total. The molecule has 1 saturated carbocycles. The van der Waals surface area contributed by atoms with Crippen LogP contribution in [0.25, 0.3) is 0 Å². The number of nitrogen functional groups attached to an aromatic ring is 1. The summed E-state index contributed by atoms with van der Waals surface area (Å²) in [6.07, 6.45) is 9.47. The zero-order valence-corrected chi connectivity index (χ0v) is 13.3. The summed E-state index contributed by atoms with van der Waals surface area (Å²) >= 11 is 0. The monoisotopic (exact) mass is 292 g/mol. The molecule has 1 aromatic heterocycles. The molecule has 0 aliphatic heterocycles. The first-order valence-corrected chi connectivity index (χ1v) is 8.30. The second-order valence-electron chi connectivity index (χ2n) is 5.72. The smallest absolute Gasteiger partial charge is 0.242 e. The van der Waals surface area contributed by atoms with Gasteiger partial charge in [0.05, 0.1) is 6.61 Å². The summed E-state index contributed by atoms with van der Waals surface area (Å²) in [6, 6.07) is 0.466. The number of hydrogen-bond acceptors (Lipinski definition) is 5. The van der Waals surface area contributed by atoms with Gasteiger partial charge in [0.1, 0.15) is 11.5 Å². The van der Waals surface area contributed by atoms with Gasteiger partial charge in [-0.2, -0.15) is 4.98 Å². The molecule has 0 aromatic carbocycles. The highest BCUT2D eigenvalue weighted by Gasteiger charge is 2.17. The number of aryl methyl sites for hydroxylation is 1. The Morgan fingerprint density at radius 2 is 1.86 bits per heavy atom. The van der Waals surface area contributed by atoms with E-state index in [1.54, 1.807) is 0 Å². The molecule has 1 aliphatic carbocycles. The largest absolute Gasteiger partial charge is 0.476 e. The molecule has 1 aromatic rings. The van der Waals surface area contributed by atoms with Gasteiger partial charge >= 0.3 is 0 Å². The van der Waals surface area contributed by atoms with Crippen molar-refractivity contribution in [1.82, 2.24) is 9.97 Å². The van der Waals surface area contributed by atoms with Crippen molar-refractivity contribution in [3.8, 4) is 5.88 Å². The molecule has 0 radical (unpaired) electrons. The van der Waals surface area contributed by atoms with E-state index in [1.165, 1.54) is 38.5 Å². The van der Waals surface area contributed by atoms with E-state index in [1.807, 2.05) is 6.92 Å². The predicted molar refractivity (Wildman–Crippen MR) is 86.7 cm³/mol. The van der Waals surface area contributed by atoms with Gasteiger partial charge in [0.15, 0.2) is 5.82 Å². The molecule has 0 amide bonds. The molecule has 1 heterocycles. The van der Waals surface area contributed by atoms with Crippen LogP contribution in [-0.2, 0) is 6.42 Å². The van der Waals surface area contributed by atoms with Crippen molar-refractivity contribution in [2.75, 3.05) is 17.7 Å². The van der Waals surface area contributed by atoms with E-state index in [0.29, 0.717) is 24.2 Å². The van der Waals surface area contributed by atoms with Crippen molar-refractivity contribution in [3.05, 3.63) is 5.82 Å². The minimum atomic E-state index is 0.466. The molecule has 0 saturated heterocycles. The van der Waals surface area contributed by atoms with Crippen LogP contribution in [0.3, 0.4) is 0 Å². The topological polar surface area (TPSA) is 73.1 Å². The van der Waals surface area contributed by atoms with E-state index in [0.717, 1.165) is 24.5 Å². The lowest BCUT2D eigenvalue weighted by Crippen LogP contribution is -2.21. The summed E-state index contributed by atoms with van der Waals surface area (Å²) in [5, 5.41) is 3.53. The average molecular weight is 292 g/mol. The number of nitrogens with two attached hydrogens (primary N) is 1. The van der Waals surface area contributed by atoms with Gasteiger partial charge in [-0.25, -0.2) is 4.98 Å². The molecule has 2 rings (SSSR count). The van der Waals surface area contributed by atoms with Gasteiger partial charge in [-0.15, -0.1) is 0 Å². The highest BCUT2D eigenvalue weighted by atomic mass is 16.5. The second kappa shape index (κ2) is 8.05. The number of aromatic nitrogens is 2. The fourth-order valence-electron chi connectivity index (χ4n) is 2.80. The average Bonchev–Trinajstić information content (AvgIpc) is 2.73. The molecule has 0 spiro atoms. The van der Waals surface area contributed by atoms with E-state index in [9.17, 15) is 0 Å². The standard InChI is InChI=1S/C16H28N4O/c1-3-9-13-19-15(14(17)16(20-13)21-4-2)18-12-10-7-5-6-8-11-12/h12H,3-11,17H2,1-2H3,(H,18,19,20). The number of hydrogen-bond donors (Lipinski definition) is 2. The van der Waals surface area contributed by atoms with Crippen LogP contribution in [0.15, 0.2) is 0 Å². The number of rotatable bonds is 6. The highest BCUT2D eigenvalue weighted by molar-refractivity contribution is 5.67. The maximum Gasteiger partial charge on any atom is 0.242 e. The Morgan fingerprint density at radius 3 is 2.48 bits per heavy atom. The molecule has 118 valence electrons. The summed E-state index contributed by atoms with van der Waals surface area (Å²) in [7, 11) is 0. The van der Waals surface area contributed by atoms with Gasteiger partial charge in [0.2, 0.25) is 5.88 Å². The fraction of sp³-hybridized carbons (Fsp3) is 0.750. The fourth-order valence-corrected chi connectivity index (χ4v) is 2.80. The summed E-state index contributed by atoms with van der Waals surface area (Å²) in [5.41, 5.74) is 6.72. The van der Waals surface area contributed by atoms with E-state index < -0.39 is 0 Å². The summed E-state index contributed by atoms with van der Waals surface area (Å²) in [4.78, 5) is 9.03. The SMILES string of the molecule is CCCc1nc(NC2CCCCCC2)c(N)c(OCC)n1. The highest BCUT2D eigenvalue weighted by Crippen LogP contribution is 2.29. The molecule has 21 heavy (non-hydrogen) atoms. The van der Waals surface area contributed by atoms with Gasteiger partial charge in [0.25, 0.3) is 0 Å². The van der Waals surface area contributed by atoms with E-state index in [2.05, 4.69) is 22.2 Å². The molecule has 0 bridgehead atoms. The van der Waals surface area contributed by atoms with Crippen molar-refractivity contribution in [3.63, 3.8) is 0 Å². The maximum atomic E-state index is 6.18. The Morgan fingerprint density at radius 1 is 1.14 bits per heavy atom. The number of anilines is 2. The third-order valence-electron chi connectivity index (χ3n) is 3.91. The Hall–Kier alpha value is -1.52. The lowest BCUT2D eigenvalue weighted by molar-refractivity contribution is 0.327. The van der Waals surface area contributed by atoms with Gasteiger partial charge in [0, 0.05) is 12.5 Å². The van der Waals surface area contributed by atoms with Crippen LogP contribution in [0.1, 0.15) is 64.6 Å². The van der Waals surface area contributed by atoms with Crippen LogP contribution in [0.4, 0.5) is 11.5 Å². The van der Waals surface area contributed by atoms with Crippen LogP contribution >= 0.6 is 0 Å². The Bertz CT molecular complexity index is 442. The Kier molecular flexibility index (Phi) is 6.08. The van der Waals surface area contributed by atoms with Crippen molar-refractivity contribution >= 4 is 11.5 Å². The van der Waals surface area contributed by atoms with E-state index in [-0.39, 0.29) is 0 Å². The molecular formula is C16H28N4O. The number of nitrogens with zero attached hydrogens (tertiary/aromatic N) is 2. The normalized spacial score (nSPS) is 16.5. The Balaban J connectivity index is 2.18. The molecule has 1 fully saturated rings. The van der Waals surface area contributed by atoms with Crippen LogP contribution < -0.4 is 15.8 Å². The molecule has 3 N–H and O–H groups in total. The zero-order valence-electron chi connectivity index (χ0n) is 13.3. The van der Waals surface area contributed by atoms with Gasteiger partial charge in [-0.05, 0) is 26.2 Å². The first-order valence-electron chi connectivity index (χ1n) is 8.30. The summed E-state index contributed by atoms with van der Waals surface area (Å²) in [6.45, 7) is 4.63. The number of ether oxygens (including phenoxy) is 1. The second-order valence-corrected chi connectivity index (χ2v) is 5.72. The minimum Gasteiger partial charge on any atom is -0.476 e. The quantitative estimate of drug-likeness (QED) is 0.784. The van der Waals surface area contributed by atoms with Gasteiger partial charge < -0.3 is 15.8 Å². The molecule has 5 heteroatoms. The lowest BCUT2D eigenvalue weighted by atomic mass is 10.1. The molecule has 1 aliphatic rings. The van der Waals surface area contributed by atoms with Crippen LogP contribution in [0, 0.1) is 0 Å². The summed E-state index contributed by atoms with van der Waals surface area (Å²) < 4.78 is 5.56. The van der Waals surface area contributed by atoms with Gasteiger partial charge in [-0.3, -0.25) is 0 Å².